The summed E-state index contributed by atoms with van der Waals surface area (Å²) in [7, 11) is -3.83. The van der Waals surface area contributed by atoms with Gasteiger partial charge >= 0.3 is 0 Å². The summed E-state index contributed by atoms with van der Waals surface area (Å²) in [5.41, 5.74) is 4.32. The molecule has 0 saturated heterocycles. The van der Waals surface area contributed by atoms with Crippen molar-refractivity contribution in [2.75, 3.05) is 11.4 Å². The van der Waals surface area contributed by atoms with E-state index < -0.39 is 10.0 Å². The Morgan fingerprint density at radius 1 is 1.00 bits per heavy atom. The summed E-state index contributed by atoms with van der Waals surface area (Å²) in [5, 5.41) is 16.7. The van der Waals surface area contributed by atoms with Crippen molar-refractivity contribution in [1.82, 2.24) is 0 Å². The van der Waals surface area contributed by atoms with Gasteiger partial charge in [0.15, 0.2) is 0 Å². The smallest absolute Gasteiger partial charge is 0.269 e. The summed E-state index contributed by atoms with van der Waals surface area (Å²) in [6.45, 7) is 0.872. The maximum Gasteiger partial charge on any atom is 0.269 e. The summed E-state index contributed by atoms with van der Waals surface area (Å²) in [5.74, 6) is 0.876. The number of rotatable bonds is 3. The second kappa shape index (κ2) is 6.76. The molecule has 0 unspecified atom stereocenters. The Kier molecular flexibility index (Phi) is 4.16. The topological polar surface area (TPSA) is 107 Å². The first-order chi connectivity index (χ1) is 15.3. The summed E-state index contributed by atoms with van der Waals surface area (Å²) in [6.07, 6.45) is 10.6. The Hall–Kier alpha value is -2.97. The minimum Gasteiger partial charge on any atom is -0.363 e. The van der Waals surface area contributed by atoms with Crippen LogP contribution in [-0.2, 0) is 10.0 Å². The van der Waals surface area contributed by atoms with Gasteiger partial charge in [0.2, 0.25) is 10.0 Å². The fraction of sp³-hybridized carbons (Fsp3) is 0.333. The van der Waals surface area contributed by atoms with E-state index in [1.54, 1.807) is 24.3 Å². The number of benzene rings is 2. The Bertz CT molecular complexity index is 1280. The predicted molar refractivity (Wildman–Crippen MR) is 121 cm³/mol. The van der Waals surface area contributed by atoms with Crippen LogP contribution in [0.25, 0.3) is 0 Å². The van der Waals surface area contributed by atoms with E-state index in [0.29, 0.717) is 5.92 Å². The number of fused-ring (bicyclic) bond motifs is 4. The van der Waals surface area contributed by atoms with Gasteiger partial charge in [-0.25, -0.2) is 13.6 Å². The lowest BCUT2D eigenvalue weighted by atomic mass is 9.70. The number of nitrogens with two attached hydrogens (primary N) is 1. The van der Waals surface area contributed by atoms with Crippen molar-refractivity contribution in [2.45, 2.75) is 35.6 Å². The van der Waals surface area contributed by atoms with Crippen molar-refractivity contribution in [3.63, 3.8) is 0 Å². The van der Waals surface area contributed by atoms with E-state index in [4.69, 9.17) is 5.14 Å². The molecule has 2 aliphatic heterocycles. The van der Waals surface area contributed by atoms with Crippen LogP contribution in [0.15, 0.2) is 65.6 Å². The number of nitro groups is 1. The predicted octanol–water partition coefficient (Wildman–Crippen LogP) is 4.14. The Morgan fingerprint density at radius 3 is 2.34 bits per heavy atom. The normalized spacial score (nSPS) is 29.5. The highest BCUT2D eigenvalue weighted by Gasteiger charge is 2.48. The lowest BCUT2D eigenvalue weighted by Crippen LogP contribution is -2.46. The summed E-state index contributed by atoms with van der Waals surface area (Å²) < 4.78 is 24.6. The number of hydrogen-bond acceptors (Lipinski definition) is 5. The zero-order valence-electron chi connectivity index (χ0n) is 17.3. The third-order valence-electron chi connectivity index (χ3n) is 7.60. The van der Waals surface area contributed by atoms with E-state index in [1.165, 1.54) is 0 Å². The fourth-order valence-corrected chi connectivity index (χ4v) is 6.87. The molecule has 4 aliphatic rings. The molecule has 6 rings (SSSR count). The molecule has 32 heavy (non-hydrogen) atoms. The van der Waals surface area contributed by atoms with Crippen LogP contribution < -0.4 is 10.0 Å². The van der Waals surface area contributed by atoms with Gasteiger partial charge in [-0.1, -0.05) is 36.4 Å². The second-order valence-electron chi connectivity index (χ2n) is 9.24. The number of allylic oxidation sites excluding steroid dienone is 4. The van der Waals surface area contributed by atoms with Crippen molar-refractivity contribution in [3.8, 4) is 0 Å². The van der Waals surface area contributed by atoms with Gasteiger partial charge in [-0.3, -0.25) is 10.1 Å². The molecule has 2 aromatic carbocycles. The monoisotopic (exact) mass is 449 g/mol. The number of nitro benzene ring substituents is 1. The molecule has 0 fully saturated rings. The molecule has 2 aliphatic carbocycles. The van der Waals surface area contributed by atoms with Crippen LogP contribution in [0, 0.1) is 22.0 Å². The number of nitrogens with zero attached hydrogens (tertiary/aromatic N) is 2. The van der Waals surface area contributed by atoms with Crippen LogP contribution in [-0.4, -0.2) is 19.9 Å². The highest BCUT2D eigenvalue weighted by molar-refractivity contribution is 7.89. The van der Waals surface area contributed by atoms with Gasteiger partial charge in [0, 0.05) is 36.2 Å². The first kappa shape index (κ1) is 19.7. The Labute approximate surface area is 186 Å². The average Bonchev–Trinajstić information content (AvgIpc) is 3.43. The van der Waals surface area contributed by atoms with Crippen LogP contribution in [0.2, 0.25) is 0 Å². The molecule has 164 valence electrons. The molecule has 2 aromatic rings. The van der Waals surface area contributed by atoms with E-state index in [0.717, 1.165) is 41.8 Å². The lowest BCUT2D eigenvalue weighted by molar-refractivity contribution is -0.384. The SMILES string of the molecule is NS(=O)(=O)c1cc2c3c(c1)[C@@H]1C=CC[C@@H]1[C@H](c1ccc([N+](=O)[O-])cc1)N3C[C@@H]1CC=C[C@H]21. The molecule has 8 heteroatoms. The minimum absolute atomic E-state index is 0.0731. The fourth-order valence-electron chi connectivity index (χ4n) is 6.28. The first-order valence-corrected chi connectivity index (χ1v) is 12.4. The van der Waals surface area contributed by atoms with Crippen LogP contribution in [0.1, 0.15) is 47.4 Å². The van der Waals surface area contributed by atoms with E-state index in [1.807, 2.05) is 12.1 Å². The highest BCUT2D eigenvalue weighted by atomic mass is 32.2. The van der Waals surface area contributed by atoms with Crippen molar-refractivity contribution >= 4 is 21.4 Å². The lowest BCUT2D eigenvalue weighted by Gasteiger charge is -2.51. The maximum atomic E-state index is 12.3. The molecule has 7 nitrogen and oxygen atoms in total. The largest absolute Gasteiger partial charge is 0.363 e. The van der Waals surface area contributed by atoms with Crippen molar-refractivity contribution < 1.29 is 13.3 Å². The third kappa shape index (κ3) is 2.79. The molecule has 0 saturated carbocycles. The summed E-state index contributed by atoms with van der Waals surface area (Å²) >= 11 is 0. The second-order valence-corrected chi connectivity index (χ2v) is 10.8. The number of sulfonamides is 1. The molecular formula is C24H23N3O4S. The zero-order valence-corrected chi connectivity index (χ0v) is 18.1. The third-order valence-corrected chi connectivity index (χ3v) is 8.49. The van der Waals surface area contributed by atoms with Crippen LogP contribution in [0.5, 0.6) is 0 Å². The first-order valence-electron chi connectivity index (χ1n) is 10.9. The number of anilines is 1. The van der Waals surface area contributed by atoms with E-state index >= 15 is 0 Å². The minimum atomic E-state index is -3.83. The van der Waals surface area contributed by atoms with Crippen LogP contribution in [0.4, 0.5) is 11.4 Å². The van der Waals surface area contributed by atoms with E-state index in [2.05, 4.69) is 29.2 Å². The van der Waals surface area contributed by atoms with Crippen LogP contribution in [0.3, 0.4) is 0 Å². The average molecular weight is 450 g/mol. The standard InChI is InChI=1S/C24H23N3O4S/c25-32(30,31)17-11-21-18-4-1-3-15(18)13-26-23(14-7-9-16(10-8-14)27(28)29)20-6-2-5-19(20)22(12-17)24(21)26/h1-2,4-5,7-12,15,18-20,23H,3,6,13H2,(H2,25,30,31)/t15-,18-,19+,20-,23-/m0/s1. The van der Waals surface area contributed by atoms with Gasteiger partial charge in [-0.05, 0) is 53.5 Å². The number of non-ortho nitro benzene ring substituents is 1. The van der Waals surface area contributed by atoms with Crippen molar-refractivity contribution in [3.05, 3.63) is 87.5 Å². The van der Waals surface area contributed by atoms with E-state index in [-0.39, 0.29) is 39.3 Å². The van der Waals surface area contributed by atoms with Gasteiger partial charge in [-0.2, -0.15) is 0 Å². The molecule has 5 atom stereocenters. The number of primary sulfonamides is 1. The molecule has 0 bridgehead atoms. The highest BCUT2D eigenvalue weighted by Crippen LogP contribution is 2.59. The van der Waals surface area contributed by atoms with Gasteiger partial charge in [0.05, 0.1) is 15.9 Å². The summed E-state index contributed by atoms with van der Waals surface area (Å²) in [4.78, 5) is 13.4. The summed E-state index contributed by atoms with van der Waals surface area (Å²) in [6, 6.07) is 10.5. The van der Waals surface area contributed by atoms with Gasteiger partial charge in [0.25, 0.3) is 5.69 Å². The van der Waals surface area contributed by atoms with Crippen LogP contribution >= 0.6 is 0 Å². The van der Waals surface area contributed by atoms with Gasteiger partial charge in [-0.15, -0.1) is 0 Å². The van der Waals surface area contributed by atoms with E-state index in [9.17, 15) is 18.5 Å². The molecule has 0 spiro atoms. The van der Waals surface area contributed by atoms with Gasteiger partial charge < -0.3 is 4.90 Å². The molecule has 0 radical (unpaired) electrons. The Balaban J connectivity index is 1.57. The quantitative estimate of drug-likeness (QED) is 0.431. The zero-order chi connectivity index (χ0) is 22.2. The number of hydrogen-bond donors (Lipinski definition) is 1. The van der Waals surface area contributed by atoms with Gasteiger partial charge in [0.1, 0.15) is 0 Å². The van der Waals surface area contributed by atoms with Crippen molar-refractivity contribution in [2.24, 2.45) is 17.0 Å². The molecule has 0 amide bonds. The molecular weight excluding hydrogens is 426 g/mol. The molecule has 0 aromatic heterocycles. The molecule has 2 heterocycles. The maximum absolute atomic E-state index is 12.3. The Morgan fingerprint density at radius 2 is 1.66 bits per heavy atom. The van der Waals surface area contributed by atoms with Crippen molar-refractivity contribution in [1.29, 1.82) is 0 Å². The molecule has 2 N–H and O–H groups in total.